The highest BCUT2D eigenvalue weighted by molar-refractivity contribution is 7.51. The third-order valence-electron chi connectivity index (χ3n) is 13.1. The van der Waals surface area contributed by atoms with Crippen molar-refractivity contribution in [3.63, 3.8) is 0 Å². The molecular formula is C58H67Cl2N6O12P2+. The summed E-state index contributed by atoms with van der Waals surface area (Å²) in [5, 5.41) is 26.3. The Hall–Kier alpha value is -6.21. The van der Waals surface area contributed by atoms with Crippen LogP contribution in [0.4, 0.5) is 22.7 Å². The van der Waals surface area contributed by atoms with Gasteiger partial charge in [-0.05, 0) is 161 Å². The number of carbonyl (C=O) groups is 4. The fourth-order valence-electron chi connectivity index (χ4n) is 9.07. The lowest BCUT2D eigenvalue weighted by Crippen LogP contribution is -2.32. The maximum Gasteiger partial charge on any atom is 0.697 e. The summed E-state index contributed by atoms with van der Waals surface area (Å²) in [4.78, 5) is 56.4. The predicted octanol–water partition coefficient (Wildman–Crippen LogP) is 12.0. The molecule has 424 valence electrons. The van der Waals surface area contributed by atoms with Crippen LogP contribution in [0.3, 0.4) is 0 Å². The van der Waals surface area contributed by atoms with E-state index in [4.69, 9.17) is 57.2 Å². The third-order valence-corrected chi connectivity index (χ3v) is 15.9. The number of halogens is 2. The van der Waals surface area contributed by atoms with E-state index in [9.17, 15) is 28.3 Å². The van der Waals surface area contributed by atoms with Crippen molar-refractivity contribution in [1.29, 1.82) is 0 Å². The Morgan fingerprint density at radius 3 is 1.50 bits per heavy atom. The molecule has 6 aromatic carbocycles. The van der Waals surface area contributed by atoms with E-state index in [1.165, 1.54) is 14.2 Å². The number of nitrogens with two attached hydrogens (primary N) is 1. The van der Waals surface area contributed by atoms with Gasteiger partial charge < -0.3 is 40.9 Å². The van der Waals surface area contributed by atoms with E-state index in [0.29, 0.717) is 117 Å². The molecule has 0 fully saturated rings. The van der Waals surface area contributed by atoms with Gasteiger partial charge in [-0.25, -0.2) is 9.65 Å². The molecule has 4 amide bonds. The summed E-state index contributed by atoms with van der Waals surface area (Å²) in [7, 11) is -3.42. The van der Waals surface area contributed by atoms with Crippen LogP contribution in [0, 0.1) is 27.7 Å². The van der Waals surface area contributed by atoms with Gasteiger partial charge in [0.25, 0.3) is 23.6 Å². The quantitative estimate of drug-likeness (QED) is 0.0494. The van der Waals surface area contributed by atoms with Gasteiger partial charge in [0.05, 0.1) is 32.1 Å². The second-order valence-electron chi connectivity index (χ2n) is 18.6. The molecule has 0 saturated carbocycles. The number of nitrogens with one attached hydrogen (secondary N) is 3. The van der Waals surface area contributed by atoms with Crippen molar-refractivity contribution in [1.82, 2.24) is 5.09 Å². The first-order valence-corrected chi connectivity index (χ1v) is 29.1. The molecule has 2 aliphatic rings. The van der Waals surface area contributed by atoms with Crippen molar-refractivity contribution in [3.05, 3.63) is 187 Å². The molecule has 2 aliphatic heterocycles. The van der Waals surface area contributed by atoms with Crippen molar-refractivity contribution < 1.29 is 56.6 Å². The van der Waals surface area contributed by atoms with Crippen molar-refractivity contribution in [2.45, 2.75) is 65.6 Å². The predicted molar refractivity (Wildman–Crippen MR) is 313 cm³/mol. The van der Waals surface area contributed by atoms with Gasteiger partial charge in [0.1, 0.15) is 6.10 Å². The number of aliphatic hydroxyl groups excluding tert-OH is 2. The standard InChI is InChI=1S/C29H33ClN3O6P.C27H26ClN2O5P.C2H7NO/c1-19-7-4-5-8-23(19)28(35)32-22-11-12-24(20(2)17-22)29(36)33-15-6-9-27(25-18-21(30)10-13-26(25)33)39-40(37,38-3)31-14-16-34;1-17-7-4-5-8-21(17)26(31)29-20-11-12-22(18(2)15-20)27(32)30-14-6-9-25(35-36(33)34-3)23-16-19(28)10-13-24(23)30;3-1-2-4/h4-5,7-8,10-13,17-18,27,34H,6,9,14-16H2,1-3H3,(H,31,37)(H,32,35);4-5,7-8,10-13,15-16,25H,6,9,14H2,1-3H3;4H,1-3H2/p+1. The molecule has 2 heterocycles. The van der Waals surface area contributed by atoms with Crippen LogP contribution in [0.5, 0.6) is 0 Å². The summed E-state index contributed by atoms with van der Waals surface area (Å²) >= 11 is 12.6. The fraction of sp³-hybridized carbons (Fsp3) is 0.310. The molecule has 22 heteroatoms. The molecule has 4 atom stereocenters. The van der Waals surface area contributed by atoms with E-state index < -0.39 is 28.2 Å². The lowest BCUT2D eigenvalue weighted by molar-refractivity contribution is 0.0978. The molecule has 6 aromatic rings. The van der Waals surface area contributed by atoms with Crippen LogP contribution in [-0.4, -0.2) is 87.5 Å². The zero-order chi connectivity index (χ0) is 58.1. The Balaban J connectivity index is 0.000000243. The van der Waals surface area contributed by atoms with Gasteiger partial charge in [-0.3, -0.25) is 23.7 Å². The number of carbonyl (C=O) groups excluding carboxylic acids is 4. The summed E-state index contributed by atoms with van der Waals surface area (Å²) in [6.45, 7) is 8.56. The minimum absolute atomic E-state index is 0.0333. The summed E-state index contributed by atoms with van der Waals surface area (Å²) in [5.41, 5.74) is 13.9. The highest BCUT2D eigenvalue weighted by Crippen LogP contribution is 2.51. The number of rotatable bonds is 16. The number of hydrogen-bond acceptors (Lipinski definition) is 13. The zero-order valence-corrected chi connectivity index (χ0v) is 48.7. The second kappa shape index (κ2) is 30.0. The Bertz CT molecular complexity index is 3240. The van der Waals surface area contributed by atoms with Gasteiger partial charge in [0.15, 0.2) is 0 Å². The summed E-state index contributed by atoms with van der Waals surface area (Å²) < 4.78 is 46.5. The molecule has 4 unspecified atom stereocenters. The van der Waals surface area contributed by atoms with E-state index in [0.717, 1.165) is 16.7 Å². The van der Waals surface area contributed by atoms with Crippen molar-refractivity contribution in [3.8, 4) is 0 Å². The first-order valence-electron chi connectivity index (χ1n) is 25.7. The van der Waals surface area contributed by atoms with Crippen molar-refractivity contribution in [2.75, 3.05) is 74.0 Å². The largest absolute Gasteiger partial charge is 0.697 e. The van der Waals surface area contributed by atoms with Crippen LogP contribution in [0.25, 0.3) is 0 Å². The van der Waals surface area contributed by atoms with Crippen LogP contribution in [0.2, 0.25) is 10.0 Å². The molecule has 80 heavy (non-hydrogen) atoms. The number of aliphatic hydroxyl groups is 2. The fourth-order valence-corrected chi connectivity index (χ4v) is 11.2. The molecule has 0 bridgehead atoms. The normalized spacial score (nSPS) is 15.7. The van der Waals surface area contributed by atoms with Gasteiger partial charge in [0.2, 0.25) is 0 Å². The molecule has 0 aromatic heterocycles. The Kier molecular flexibility index (Phi) is 23.6. The van der Waals surface area contributed by atoms with Crippen LogP contribution < -0.4 is 31.3 Å². The average Bonchev–Trinajstić information content (AvgIpc) is 3.74. The molecule has 0 spiro atoms. The SMILES string of the molecule is COP(=O)(NCCO)OC1CCCN(C(=O)c2ccc(NC(=O)c3ccccc3C)cc2C)c2ccc(Cl)cc21.CO[P+](=O)OC1CCCN(C(=O)c2ccc(NC(=O)c3ccccc3C)cc2C)c2ccc(Cl)cc21.NCCO. The van der Waals surface area contributed by atoms with E-state index in [1.54, 1.807) is 94.7 Å². The third kappa shape index (κ3) is 16.5. The van der Waals surface area contributed by atoms with Gasteiger partial charge in [0, 0.05) is 98.3 Å². The van der Waals surface area contributed by atoms with Gasteiger partial charge in [-0.1, -0.05) is 59.6 Å². The number of fused-ring (bicyclic) bond motifs is 2. The minimum Gasteiger partial charge on any atom is -0.395 e. The molecular weight excluding hydrogens is 1110 g/mol. The summed E-state index contributed by atoms with van der Waals surface area (Å²) in [6.07, 6.45) is 1.05. The molecule has 0 aliphatic carbocycles. The minimum atomic E-state index is -3.72. The average molecular weight is 1170 g/mol. The zero-order valence-electron chi connectivity index (χ0n) is 45.4. The molecule has 8 rings (SSSR count). The molecule has 7 N–H and O–H groups in total. The number of nitrogens with zero attached hydrogens (tertiary/aromatic N) is 2. The molecule has 0 saturated heterocycles. The van der Waals surface area contributed by atoms with Crippen molar-refractivity contribution >= 4 is 85.6 Å². The number of hydrogen-bond donors (Lipinski definition) is 6. The van der Waals surface area contributed by atoms with Crippen LogP contribution in [0.15, 0.2) is 121 Å². The topological polar surface area (TPSA) is 248 Å². The Morgan fingerprint density at radius 2 is 1.09 bits per heavy atom. The lowest BCUT2D eigenvalue weighted by atomic mass is 10.0. The van der Waals surface area contributed by atoms with Crippen LogP contribution >= 0.6 is 39.2 Å². The highest BCUT2D eigenvalue weighted by atomic mass is 35.5. The van der Waals surface area contributed by atoms with Gasteiger partial charge in [-0.15, -0.1) is 9.05 Å². The smallest absolute Gasteiger partial charge is 0.395 e. The number of benzene rings is 6. The maximum absolute atomic E-state index is 13.9. The van der Waals surface area contributed by atoms with E-state index in [1.807, 2.05) is 64.1 Å². The highest BCUT2D eigenvalue weighted by Gasteiger charge is 2.36. The lowest BCUT2D eigenvalue weighted by Gasteiger charge is -2.26. The van der Waals surface area contributed by atoms with E-state index in [-0.39, 0.29) is 43.4 Å². The van der Waals surface area contributed by atoms with Crippen LogP contribution in [0.1, 0.15) is 113 Å². The first-order chi connectivity index (χ1) is 38.3. The molecule has 18 nitrogen and oxygen atoms in total. The summed E-state index contributed by atoms with van der Waals surface area (Å²) in [6, 6.07) is 35.5. The van der Waals surface area contributed by atoms with Gasteiger partial charge in [-0.2, -0.15) is 0 Å². The second-order valence-corrected chi connectivity index (χ2v) is 22.4. The maximum atomic E-state index is 13.9. The van der Waals surface area contributed by atoms with Gasteiger partial charge >= 0.3 is 16.0 Å². The molecule has 0 radical (unpaired) electrons. The number of anilines is 4. The number of aryl methyl sites for hydroxylation is 4. The van der Waals surface area contributed by atoms with E-state index >= 15 is 0 Å². The Labute approximate surface area is 477 Å². The summed E-state index contributed by atoms with van der Waals surface area (Å²) in [5.74, 6) is -0.815. The van der Waals surface area contributed by atoms with E-state index in [2.05, 4.69) is 15.7 Å². The first kappa shape index (κ1) is 63.0. The monoisotopic (exact) mass is 1170 g/mol. The Morgan fingerprint density at radius 1 is 0.637 bits per heavy atom. The number of amides is 4. The van der Waals surface area contributed by atoms with Crippen molar-refractivity contribution in [2.24, 2.45) is 5.73 Å². The van der Waals surface area contributed by atoms with Crippen LogP contribution in [-0.2, 0) is 27.2 Å².